The third kappa shape index (κ3) is 6.29. The van der Waals surface area contributed by atoms with Crippen molar-refractivity contribution in [1.29, 1.82) is 0 Å². The van der Waals surface area contributed by atoms with Crippen molar-refractivity contribution in [3.05, 3.63) is 85.5 Å². The number of amides is 3. The zero-order valence-corrected chi connectivity index (χ0v) is 26.2. The first-order valence-electron chi connectivity index (χ1n) is 16.0. The van der Waals surface area contributed by atoms with E-state index in [1.54, 1.807) is 46.1 Å². The molecule has 9 heteroatoms. The fourth-order valence-electron chi connectivity index (χ4n) is 7.47. The third-order valence-corrected chi connectivity index (χ3v) is 9.47. The highest BCUT2D eigenvalue weighted by Gasteiger charge is 2.74. The van der Waals surface area contributed by atoms with Gasteiger partial charge in [-0.2, -0.15) is 0 Å². The molecule has 2 bridgehead atoms. The zero-order valence-electron chi connectivity index (χ0n) is 26.2. The maximum absolute atomic E-state index is 14.7. The number of unbranched alkanes of at least 4 members (excludes halogenated alkanes) is 3. The number of hydrogen-bond acceptors (Lipinski definition) is 6. The molecule has 1 N–H and O–H groups in total. The van der Waals surface area contributed by atoms with Gasteiger partial charge in [-0.3, -0.25) is 14.4 Å². The second kappa shape index (κ2) is 14.4. The molecule has 0 aliphatic carbocycles. The van der Waals surface area contributed by atoms with E-state index in [0.29, 0.717) is 56.8 Å². The molecule has 3 aliphatic rings. The number of hydrogen-bond donors (Lipinski definition) is 1. The van der Waals surface area contributed by atoms with Crippen molar-refractivity contribution < 1.29 is 29.0 Å². The molecule has 3 saturated heterocycles. The Morgan fingerprint density at radius 2 is 1.73 bits per heavy atom. The molecule has 0 saturated carbocycles. The second-order valence-electron chi connectivity index (χ2n) is 12.2. The number of carbonyl (C=O) groups is 3. The Hall–Kier alpha value is -3.95. The lowest BCUT2D eigenvalue weighted by atomic mass is 9.70. The fraction of sp³-hybridized carbons (Fsp3) is 0.472. The summed E-state index contributed by atoms with van der Waals surface area (Å²) in [5.74, 6) is -1.34. The molecule has 45 heavy (non-hydrogen) atoms. The highest BCUT2D eigenvalue weighted by molar-refractivity contribution is 6.05. The summed E-state index contributed by atoms with van der Waals surface area (Å²) < 4.78 is 12.0. The highest BCUT2D eigenvalue weighted by Crippen LogP contribution is 2.59. The molecule has 2 aromatic rings. The van der Waals surface area contributed by atoms with E-state index < -0.39 is 29.6 Å². The number of likely N-dealkylation sites (tertiary alicyclic amines) is 1. The van der Waals surface area contributed by atoms with E-state index in [2.05, 4.69) is 13.2 Å². The summed E-state index contributed by atoms with van der Waals surface area (Å²) in [6, 6.07) is 16.1. The van der Waals surface area contributed by atoms with Gasteiger partial charge in [0.15, 0.2) is 0 Å². The number of fused-ring (bicyclic) bond motifs is 1. The molecule has 5 rings (SSSR count). The smallest absolute Gasteiger partial charge is 0.253 e. The van der Waals surface area contributed by atoms with Crippen LogP contribution in [0.25, 0.3) is 0 Å². The van der Waals surface area contributed by atoms with Crippen molar-refractivity contribution in [2.24, 2.45) is 11.8 Å². The Morgan fingerprint density at radius 1 is 1.02 bits per heavy atom. The van der Waals surface area contributed by atoms with Gasteiger partial charge in [0.25, 0.3) is 5.91 Å². The largest absolute Gasteiger partial charge is 0.497 e. The van der Waals surface area contributed by atoms with Crippen molar-refractivity contribution in [2.75, 3.05) is 38.3 Å². The quantitative estimate of drug-likeness (QED) is 0.223. The number of benzene rings is 2. The molecule has 0 aromatic heterocycles. The van der Waals surface area contributed by atoms with E-state index in [0.717, 1.165) is 18.4 Å². The maximum Gasteiger partial charge on any atom is 0.253 e. The molecule has 1 spiro atoms. The summed E-state index contributed by atoms with van der Waals surface area (Å²) >= 11 is 0. The maximum atomic E-state index is 14.7. The summed E-state index contributed by atoms with van der Waals surface area (Å²) in [7, 11) is 1.59. The lowest BCUT2D eigenvalue weighted by molar-refractivity contribution is -0.145. The molecule has 0 radical (unpaired) electrons. The average Bonchev–Trinajstić information content (AvgIpc) is 3.70. The predicted octanol–water partition coefficient (Wildman–Crippen LogP) is 4.36. The Balaban J connectivity index is 1.49. The van der Waals surface area contributed by atoms with E-state index >= 15 is 0 Å². The minimum absolute atomic E-state index is 0.122. The first kappa shape index (κ1) is 32.4. The topological polar surface area (TPSA) is 99.6 Å². The predicted molar refractivity (Wildman–Crippen MR) is 172 cm³/mol. The van der Waals surface area contributed by atoms with E-state index in [1.807, 2.05) is 42.5 Å². The Kier molecular flexibility index (Phi) is 10.4. The van der Waals surface area contributed by atoms with Crippen molar-refractivity contribution in [3.63, 3.8) is 0 Å². The molecule has 9 nitrogen and oxygen atoms in total. The van der Waals surface area contributed by atoms with E-state index in [9.17, 15) is 19.5 Å². The van der Waals surface area contributed by atoms with Crippen LogP contribution in [0.2, 0.25) is 0 Å². The van der Waals surface area contributed by atoms with Crippen LogP contribution < -0.4 is 9.64 Å². The number of anilines is 1. The van der Waals surface area contributed by atoms with Crippen molar-refractivity contribution in [1.82, 2.24) is 9.80 Å². The average molecular weight is 616 g/mol. The molecule has 3 heterocycles. The SMILES string of the molecule is C=CCN(Cc1ccccc1)C(=O)[C@@H]1[C@@H]2CCC3(O2)C(C(=O)N(CC=C)c2ccc(OC)cc2)N(CCCCCCO)C(=O)[C@H]13. The second-order valence-corrected chi connectivity index (χ2v) is 12.2. The number of rotatable bonds is 16. The molecule has 3 fully saturated rings. The summed E-state index contributed by atoms with van der Waals surface area (Å²) in [5.41, 5.74) is 0.556. The number of carbonyl (C=O) groups excluding carboxylic acids is 3. The first-order valence-corrected chi connectivity index (χ1v) is 16.0. The summed E-state index contributed by atoms with van der Waals surface area (Å²) in [4.78, 5) is 48.6. The molecule has 2 unspecified atom stereocenters. The Labute approximate surface area is 266 Å². The van der Waals surface area contributed by atoms with Gasteiger partial charge < -0.3 is 29.3 Å². The van der Waals surface area contributed by atoms with E-state index in [1.165, 1.54) is 0 Å². The van der Waals surface area contributed by atoms with Gasteiger partial charge in [-0.05, 0) is 55.5 Å². The Morgan fingerprint density at radius 3 is 2.40 bits per heavy atom. The van der Waals surface area contributed by atoms with E-state index in [-0.39, 0.29) is 30.9 Å². The number of methoxy groups -OCH3 is 1. The molecule has 5 atom stereocenters. The van der Waals surface area contributed by atoms with Crippen molar-refractivity contribution in [2.45, 2.75) is 62.8 Å². The van der Waals surface area contributed by atoms with Crippen LogP contribution in [0.5, 0.6) is 5.75 Å². The third-order valence-electron chi connectivity index (χ3n) is 9.47. The van der Waals surface area contributed by atoms with Crippen LogP contribution in [-0.4, -0.2) is 83.7 Å². The van der Waals surface area contributed by atoms with Crippen LogP contribution >= 0.6 is 0 Å². The van der Waals surface area contributed by atoms with Crippen molar-refractivity contribution in [3.8, 4) is 5.75 Å². The lowest BCUT2D eigenvalue weighted by Gasteiger charge is -2.37. The molecule has 3 aliphatic heterocycles. The van der Waals surface area contributed by atoms with Crippen LogP contribution in [0.1, 0.15) is 44.1 Å². The van der Waals surface area contributed by atoms with Crippen LogP contribution in [0, 0.1) is 11.8 Å². The highest BCUT2D eigenvalue weighted by atomic mass is 16.5. The van der Waals surface area contributed by atoms with Gasteiger partial charge in [0.2, 0.25) is 11.8 Å². The van der Waals surface area contributed by atoms with Gasteiger partial charge in [-0.15, -0.1) is 13.2 Å². The number of ether oxygens (including phenoxy) is 2. The Bertz CT molecular complexity index is 1360. The van der Waals surface area contributed by atoms with E-state index in [4.69, 9.17) is 9.47 Å². The monoisotopic (exact) mass is 615 g/mol. The fourth-order valence-corrected chi connectivity index (χ4v) is 7.47. The van der Waals surface area contributed by atoms with Gasteiger partial charge in [0.05, 0.1) is 25.0 Å². The molecular weight excluding hydrogens is 570 g/mol. The molecule has 2 aromatic carbocycles. The molecule has 3 amide bonds. The van der Waals surface area contributed by atoms with Gasteiger partial charge in [0, 0.05) is 38.5 Å². The summed E-state index contributed by atoms with van der Waals surface area (Å²) in [6.45, 7) is 9.24. The number of aliphatic hydroxyl groups excluding tert-OH is 1. The zero-order chi connectivity index (χ0) is 32.0. The number of nitrogens with zero attached hydrogens (tertiary/aromatic N) is 3. The van der Waals surface area contributed by atoms with Gasteiger partial charge in [-0.1, -0.05) is 55.3 Å². The number of aliphatic hydroxyl groups is 1. The van der Waals surface area contributed by atoms with Crippen molar-refractivity contribution >= 4 is 23.4 Å². The minimum Gasteiger partial charge on any atom is -0.497 e. The summed E-state index contributed by atoms with van der Waals surface area (Å²) in [6.07, 6.45) is 7.08. The van der Waals surface area contributed by atoms with Crippen LogP contribution in [0.4, 0.5) is 5.69 Å². The minimum atomic E-state index is -1.09. The molecule has 240 valence electrons. The lowest BCUT2D eigenvalue weighted by Crippen LogP contribution is -2.56. The van der Waals surface area contributed by atoms with Crippen LogP contribution in [0.15, 0.2) is 79.9 Å². The van der Waals surface area contributed by atoms with Crippen LogP contribution in [0.3, 0.4) is 0 Å². The van der Waals surface area contributed by atoms with Gasteiger partial charge >= 0.3 is 0 Å². The normalized spacial score (nSPS) is 24.8. The van der Waals surface area contributed by atoms with Gasteiger partial charge in [-0.25, -0.2) is 0 Å². The first-order chi connectivity index (χ1) is 21.9. The standard InChI is InChI=1S/C36H45N3O6/c1-4-21-37(25-26-13-9-8-10-14-26)33(41)30-29-19-20-36(45-29)31(30)34(42)39(23-11-6-7-12-24-40)32(36)35(43)38(22-5-2)27-15-17-28(44-3)18-16-27/h4-5,8-10,13-18,29-32,40H,1-2,6-7,11-12,19-25H2,3H3/t29-,30+,31-,32?,36?/m0/s1. The summed E-state index contributed by atoms with van der Waals surface area (Å²) in [5, 5.41) is 9.23. The van der Waals surface area contributed by atoms with Crippen LogP contribution in [-0.2, 0) is 25.7 Å². The van der Waals surface area contributed by atoms with Gasteiger partial charge in [0.1, 0.15) is 17.4 Å². The molecular formula is C36H45N3O6.